The van der Waals surface area contributed by atoms with E-state index in [1.54, 1.807) is 13.0 Å². The van der Waals surface area contributed by atoms with Gasteiger partial charge in [-0.15, -0.1) is 0 Å². The fourth-order valence-electron chi connectivity index (χ4n) is 1.92. The minimum atomic E-state index is -0.986. The predicted octanol–water partition coefficient (Wildman–Crippen LogP) is 2.89. The summed E-state index contributed by atoms with van der Waals surface area (Å²) in [5.41, 5.74) is -0.509. The van der Waals surface area contributed by atoms with Crippen LogP contribution in [0.2, 0.25) is 0 Å². The number of carbonyl (C=O) groups is 1. The lowest BCUT2D eigenvalue weighted by Gasteiger charge is -2.29. The Balaban J connectivity index is 3.22. The summed E-state index contributed by atoms with van der Waals surface area (Å²) in [6.07, 6.45) is 0.206. The van der Waals surface area contributed by atoms with Crippen LogP contribution in [0.3, 0.4) is 0 Å². The van der Waals surface area contributed by atoms with Crippen molar-refractivity contribution in [1.82, 2.24) is 0 Å². The van der Waals surface area contributed by atoms with Gasteiger partial charge in [0.05, 0.1) is 23.5 Å². The van der Waals surface area contributed by atoms with E-state index in [-0.39, 0.29) is 18.0 Å². The zero-order valence-electron chi connectivity index (χ0n) is 12.0. The van der Waals surface area contributed by atoms with Gasteiger partial charge >= 0.3 is 5.97 Å². The lowest BCUT2D eigenvalue weighted by atomic mass is 9.74. The molecule has 6 heteroatoms. The van der Waals surface area contributed by atoms with Crippen LogP contribution in [0, 0.1) is 21.4 Å². The normalized spacial score (nSPS) is 13.8. The zero-order valence-corrected chi connectivity index (χ0v) is 12.0. The van der Waals surface area contributed by atoms with E-state index in [1.807, 2.05) is 13.8 Å². The van der Waals surface area contributed by atoms with Crippen LogP contribution >= 0.6 is 0 Å². The molecule has 0 heterocycles. The Morgan fingerprint density at radius 2 is 2.05 bits per heavy atom. The Morgan fingerprint density at radius 3 is 2.45 bits per heavy atom. The molecule has 6 nitrogen and oxygen atoms in total. The molecule has 0 aromatic heterocycles. The second-order valence-electron chi connectivity index (χ2n) is 5.35. The lowest BCUT2D eigenvalue weighted by Crippen LogP contribution is -2.35. The van der Waals surface area contributed by atoms with E-state index in [9.17, 15) is 20.0 Å². The number of methoxy groups -OCH3 is 1. The van der Waals surface area contributed by atoms with Gasteiger partial charge in [-0.05, 0) is 30.9 Å². The third-order valence-corrected chi connectivity index (χ3v) is 3.73. The van der Waals surface area contributed by atoms with Crippen LogP contribution in [0.1, 0.15) is 26.3 Å². The standard InChI is InChI=1S/C14H19NO5/c1-9(2)14(3,13(16)17)8-10-5-11(15(18)19)7-12(6-10)20-4/h5-7,9H,8H2,1-4H3,(H,16,17). The molecule has 0 aliphatic rings. The molecule has 1 atom stereocenters. The van der Waals surface area contributed by atoms with Crippen molar-refractivity contribution in [2.45, 2.75) is 27.2 Å². The van der Waals surface area contributed by atoms with E-state index in [4.69, 9.17) is 4.74 Å². The van der Waals surface area contributed by atoms with Crippen molar-refractivity contribution < 1.29 is 19.6 Å². The van der Waals surface area contributed by atoms with Gasteiger partial charge in [-0.25, -0.2) is 0 Å². The molecule has 1 aromatic rings. The zero-order chi connectivity index (χ0) is 15.5. The van der Waals surface area contributed by atoms with Crippen LogP contribution in [-0.4, -0.2) is 23.1 Å². The highest BCUT2D eigenvalue weighted by Gasteiger charge is 2.37. The largest absolute Gasteiger partial charge is 0.496 e. The molecular formula is C14H19NO5. The van der Waals surface area contributed by atoms with Crippen LogP contribution < -0.4 is 4.74 Å². The summed E-state index contributed by atoms with van der Waals surface area (Å²) < 4.78 is 5.03. The summed E-state index contributed by atoms with van der Waals surface area (Å²) >= 11 is 0. The van der Waals surface area contributed by atoms with Gasteiger partial charge in [0.25, 0.3) is 5.69 Å². The highest BCUT2D eigenvalue weighted by Crippen LogP contribution is 2.34. The minimum absolute atomic E-state index is 0.101. The van der Waals surface area contributed by atoms with Gasteiger partial charge in [0.2, 0.25) is 0 Å². The van der Waals surface area contributed by atoms with Crippen LogP contribution in [0.4, 0.5) is 5.69 Å². The van der Waals surface area contributed by atoms with E-state index in [0.29, 0.717) is 11.3 Å². The first-order chi connectivity index (χ1) is 9.20. The van der Waals surface area contributed by atoms with Gasteiger partial charge in [-0.3, -0.25) is 14.9 Å². The lowest BCUT2D eigenvalue weighted by molar-refractivity contribution is -0.385. The maximum Gasteiger partial charge on any atom is 0.309 e. The number of hydrogen-bond donors (Lipinski definition) is 1. The molecule has 0 saturated heterocycles. The van der Waals surface area contributed by atoms with Crippen molar-refractivity contribution in [3.63, 3.8) is 0 Å². The Hall–Kier alpha value is -2.11. The SMILES string of the molecule is COc1cc(CC(C)(C(=O)O)C(C)C)cc([N+](=O)[O-])c1. The first-order valence-electron chi connectivity index (χ1n) is 6.26. The van der Waals surface area contributed by atoms with E-state index >= 15 is 0 Å². The third-order valence-electron chi connectivity index (χ3n) is 3.73. The van der Waals surface area contributed by atoms with Gasteiger partial charge in [-0.1, -0.05) is 13.8 Å². The number of carboxylic acid groups (broad SMARTS) is 1. The van der Waals surface area contributed by atoms with E-state index in [0.717, 1.165) is 0 Å². The molecule has 0 radical (unpaired) electrons. The molecule has 20 heavy (non-hydrogen) atoms. The van der Waals surface area contributed by atoms with E-state index < -0.39 is 16.3 Å². The number of non-ortho nitro benzene ring substituents is 1. The number of rotatable bonds is 6. The van der Waals surface area contributed by atoms with Crippen molar-refractivity contribution in [1.29, 1.82) is 0 Å². The van der Waals surface area contributed by atoms with Crippen molar-refractivity contribution in [2.24, 2.45) is 11.3 Å². The molecule has 1 unspecified atom stereocenters. The summed E-state index contributed by atoms with van der Waals surface area (Å²) in [6, 6.07) is 4.35. The number of nitro groups is 1. The van der Waals surface area contributed by atoms with E-state index in [1.165, 1.54) is 19.2 Å². The quantitative estimate of drug-likeness (QED) is 0.639. The first kappa shape index (κ1) is 15.9. The Bertz CT molecular complexity index is 526. The highest BCUT2D eigenvalue weighted by molar-refractivity contribution is 5.75. The van der Waals surface area contributed by atoms with Gasteiger partial charge < -0.3 is 9.84 Å². The number of nitro benzene ring substituents is 1. The highest BCUT2D eigenvalue weighted by atomic mass is 16.6. The number of hydrogen-bond acceptors (Lipinski definition) is 4. The summed E-state index contributed by atoms with van der Waals surface area (Å²) in [5, 5.41) is 20.3. The van der Waals surface area contributed by atoms with Gasteiger partial charge in [0, 0.05) is 6.07 Å². The van der Waals surface area contributed by atoms with Crippen LogP contribution in [0.15, 0.2) is 18.2 Å². The average Bonchev–Trinajstić information content (AvgIpc) is 2.37. The van der Waals surface area contributed by atoms with E-state index in [2.05, 4.69) is 0 Å². The minimum Gasteiger partial charge on any atom is -0.496 e. The molecule has 110 valence electrons. The monoisotopic (exact) mass is 281 g/mol. The molecule has 0 aliphatic carbocycles. The molecule has 0 spiro atoms. The van der Waals surface area contributed by atoms with Crippen molar-refractivity contribution >= 4 is 11.7 Å². The second-order valence-corrected chi connectivity index (χ2v) is 5.35. The van der Waals surface area contributed by atoms with Crippen molar-refractivity contribution in [2.75, 3.05) is 7.11 Å². The van der Waals surface area contributed by atoms with Crippen LogP contribution in [-0.2, 0) is 11.2 Å². The molecule has 0 amide bonds. The number of benzene rings is 1. The summed E-state index contributed by atoms with van der Waals surface area (Å²) in [4.78, 5) is 21.8. The number of nitrogens with zero attached hydrogens (tertiary/aromatic N) is 1. The molecule has 0 bridgehead atoms. The Labute approximate surface area is 117 Å². The maximum atomic E-state index is 11.5. The molecule has 0 aliphatic heterocycles. The fraction of sp³-hybridized carbons (Fsp3) is 0.500. The predicted molar refractivity (Wildman–Crippen MR) is 73.9 cm³/mol. The van der Waals surface area contributed by atoms with Crippen molar-refractivity contribution in [3.05, 3.63) is 33.9 Å². The topological polar surface area (TPSA) is 89.7 Å². The number of carboxylic acids is 1. The second kappa shape index (κ2) is 5.90. The summed E-state index contributed by atoms with van der Waals surface area (Å²) in [7, 11) is 1.42. The molecule has 0 saturated carbocycles. The smallest absolute Gasteiger partial charge is 0.309 e. The van der Waals surface area contributed by atoms with Gasteiger partial charge in [-0.2, -0.15) is 0 Å². The molecule has 1 N–H and O–H groups in total. The Kier molecular flexibility index (Phi) is 4.70. The third kappa shape index (κ3) is 3.26. The molecule has 0 fully saturated rings. The average molecular weight is 281 g/mol. The molecule has 1 rings (SSSR count). The fourth-order valence-corrected chi connectivity index (χ4v) is 1.92. The number of ether oxygens (including phenoxy) is 1. The number of aliphatic carboxylic acids is 1. The van der Waals surface area contributed by atoms with Crippen LogP contribution in [0.25, 0.3) is 0 Å². The van der Waals surface area contributed by atoms with Gasteiger partial charge in [0.1, 0.15) is 5.75 Å². The Morgan fingerprint density at radius 1 is 1.45 bits per heavy atom. The van der Waals surface area contributed by atoms with Crippen LogP contribution in [0.5, 0.6) is 5.75 Å². The summed E-state index contributed by atoms with van der Waals surface area (Å²) in [5.74, 6) is -0.672. The van der Waals surface area contributed by atoms with Gasteiger partial charge in [0.15, 0.2) is 0 Å². The maximum absolute atomic E-state index is 11.5. The first-order valence-corrected chi connectivity index (χ1v) is 6.26. The summed E-state index contributed by atoms with van der Waals surface area (Å²) in [6.45, 7) is 5.29. The molecular weight excluding hydrogens is 262 g/mol. The van der Waals surface area contributed by atoms with Crippen molar-refractivity contribution in [3.8, 4) is 5.75 Å². The molecule has 1 aromatic carbocycles.